The van der Waals surface area contributed by atoms with Crippen molar-refractivity contribution in [2.24, 2.45) is 0 Å². The van der Waals surface area contributed by atoms with Crippen molar-refractivity contribution in [2.75, 3.05) is 5.32 Å². The highest BCUT2D eigenvalue weighted by Gasteiger charge is 2.12. The molecule has 0 unspecified atom stereocenters. The summed E-state index contributed by atoms with van der Waals surface area (Å²) in [6, 6.07) is 11.5. The molecule has 2 rings (SSSR count). The first-order valence-electron chi connectivity index (χ1n) is 5.81. The highest BCUT2D eigenvalue weighted by molar-refractivity contribution is 9.11. The first kappa shape index (κ1) is 14.3. The largest absolute Gasteiger partial charge is 0.321 e. The molecule has 4 heteroatoms. The number of rotatable bonds is 2. The van der Waals surface area contributed by atoms with E-state index in [1.165, 1.54) is 0 Å². The number of amides is 1. The van der Waals surface area contributed by atoms with E-state index in [0.29, 0.717) is 5.56 Å². The van der Waals surface area contributed by atoms with Crippen molar-refractivity contribution in [3.8, 4) is 0 Å². The van der Waals surface area contributed by atoms with Crippen LogP contribution in [0, 0.1) is 13.8 Å². The van der Waals surface area contributed by atoms with Crippen LogP contribution in [0.15, 0.2) is 45.3 Å². The van der Waals surface area contributed by atoms with Crippen molar-refractivity contribution < 1.29 is 4.79 Å². The number of carbonyl (C=O) groups excluding carboxylic acids is 1. The minimum atomic E-state index is -0.120. The van der Waals surface area contributed by atoms with Crippen molar-refractivity contribution >= 4 is 43.5 Å². The lowest BCUT2D eigenvalue weighted by Crippen LogP contribution is -2.14. The Morgan fingerprint density at radius 1 is 1.05 bits per heavy atom. The predicted octanol–water partition coefficient (Wildman–Crippen LogP) is 5.08. The van der Waals surface area contributed by atoms with E-state index >= 15 is 0 Å². The van der Waals surface area contributed by atoms with Gasteiger partial charge in [-0.3, -0.25) is 4.79 Å². The van der Waals surface area contributed by atoms with Crippen LogP contribution >= 0.6 is 31.9 Å². The number of halogens is 2. The number of hydrogen-bond acceptors (Lipinski definition) is 1. The van der Waals surface area contributed by atoms with E-state index in [9.17, 15) is 4.79 Å². The van der Waals surface area contributed by atoms with E-state index in [1.54, 1.807) is 6.07 Å². The van der Waals surface area contributed by atoms with Crippen molar-refractivity contribution in [1.29, 1.82) is 0 Å². The summed E-state index contributed by atoms with van der Waals surface area (Å²) in [6.45, 7) is 3.97. The average Bonchev–Trinajstić information content (AvgIpc) is 2.37. The Morgan fingerprint density at radius 3 is 2.32 bits per heavy atom. The van der Waals surface area contributed by atoms with Crippen LogP contribution in [0.3, 0.4) is 0 Å². The molecule has 19 heavy (non-hydrogen) atoms. The lowest BCUT2D eigenvalue weighted by atomic mass is 10.1. The zero-order valence-electron chi connectivity index (χ0n) is 10.6. The summed E-state index contributed by atoms with van der Waals surface area (Å²) in [4.78, 5) is 12.3. The second-order valence-electron chi connectivity index (χ2n) is 4.35. The molecule has 0 aliphatic heterocycles. The van der Waals surface area contributed by atoms with Crippen LogP contribution < -0.4 is 5.32 Å². The fourth-order valence-electron chi connectivity index (χ4n) is 1.86. The molecule has 1 amide bonds. The maximum atomic E-state index is 12.3. The van der Waals surface area contributed by atoms with Crippen molar-refractivity contribution in [3.63, 3.8) is 0 Å². The van der Waals surface area contributed by atoms with Crippen molar-refractivity contribution in [1.82, 2.24) is 0 Å². The molecule has 0 saturated carbocycles. The third-order valence-corrected chi connectivity index (χ3v) is 4.08. The molecule has 0 saturated heterocycles. The fraction of sp³-hybridized carbons (Fsp3) is 0.133. The molecule has 98 valence electrons. The second kappa shape index (κ2) is 5.88. The Bertz CT molecular complexity index is 618. The molecule has 2 aromatic rings. The Kier molecular flexibility index (Phi) is 4.42. The van der Waals surface area contributed by atoms with Gasteiger partial charge in [-0.1, -0.05) is 34.1 Å². The minimum Gasteiger partial charge on any atom is -0.321 e. The van der Waals surface area contributed by atoms with E-state index in [4.69, 9.17) is 0 Å². The minimum absolute atomic E-state index is 0.120. The van der Waals surface area contributed by atoms with Gasteiger partial charge in [-0.2, -0.15) is 0 Å². The SMILES string of the molecule is Cc1cccc(C)c1NC(=O)c1cc(Br)ccc1Br. The Balaban J connectivity index is 2.34. The molecule has 0 radical (unpaired) electrons. The number of aryl methyl sites for hydroxylation is 2. The summed E-state index contributed by atoms with van der Waals surface area (Å²) < 4.78 is 1.65. The van der Waals surface area contributed by atoms with Gasteiger partial charge in [0.2, 0.25) is 0 Å². The lowest BCUT2D eigenvalue weighted by molar-refractivity contribution is 0.102. The second-order valence-corrected chi connectivity index (χ2v) is 6.12. The molecule has 0 aromatic heterocycles. The summed E-state index contributed by atoms with van der Waals surface area (Å²) in [5.41, 5.74) is 3.59. The third kappa shape index (κ3) is 3.25. The van der Waals surface area contributed by atoms with Gasteiger partial charge in [-0.05, 0) is 59.1 Å². The zero-order valence-corrected chi connectivity index (χ0v) is 13.8. The van der Waals surface area contributed by atoms with Crippen LogP contribution in [-0.2, 0) is 0 Å². The number of benzene rings is 2. The Hall–Kier alpha value is -1.13. The lowest BCUT2D eigenvalue weighted by Gasteiger charge is -2.12. The van der Waals surface area contributed by atoms with Gasteiger partial charge in [-0.25, -0.2) is 0 Å². The molecule has 1 N–H and O–H groups in total. The third-order valence-electron chi connectivity index (χ3n) is 2.89. The molecular formula is C15H13Br2NO. The molecule has 0 atom stereocenters. The summed E-state index contributed by atoms with van der Waals surface area (Å²) in [5, 5.41) is 2.97. The van der Waals surface area contributed by atoms with Crippen LogP contribution in [0.1, 0.15) is 21.5 Å². The number of hydrogen-bond donors (Lipinski definition) is 1. The van der Waals surface area contributed by atoms with E-state index in [0.717, 1.165) is 25.8 Å². The highest BCUT2D eigenvalue weighted by atomic mass is 79.9. The van der Waals surface area contributed by atoms with Gasteiger partial charge < -0.3 is 5.32 Å². The maximum absolute atomic E-state index is 12.3. The molecule has 2 aromatic carbocycles. The quantitative estimate of drug-likeness (QED) is 0.770. The number of carbonyl (C=O) groups is 1. The van der Waals surface area contributed by atoms with Gasteiger partial charge in [-0.15, -0.1) is 0 Å². The normalized spacial score (nSPS) is 10.3. The van der Waals surface area contributed by atoms with Crippen LogP contribution in [0.2, 0.25) is 0 Å². The number of anilines is 1. The van der Waals surface area contributed by atoms with Gasteiger partial charge in [0, 0.05) is 14.6 Å². The molecule has 0 spiro atoms. The summed E-state index contributed by atoms with van der Waals surface area (Å²) >= 11 is 6.78. The Labute approximate surface area is 129 Å². The molecule has 0 aliphatic rings. The first-order chi connectivity index (χ1) is 8.99. The van der Waals surface area contributed by atoms with Crippen LogP contribution in [0.4, 0.5) is 5.69 Å². The standard InChI is InChI=1S/C15H13Br2NO/c1-9-4-3-5-10(2)14(9)18-15(19)12-8-11(16)6-7-13(12)17/h3-8H,1-2H3,(H,18,19). The van der Waals surface area contributed by atoms with Crippen molar-refractivity contribution in [2.45, 2.75) is 13.8 Å². The number of para-hydroxylation sites is 1. The van der Waals surface area contributed by atoms with Crippen molar-refractivity contribution in [3.05, 3.63) is 62.0 Å². The van der Waals surface area contributed by atoms with Gasteiger partial charge in [0.15, 0.2) is 0 Å². The van der Waals surface area contributed by atoms with E-state index in [1.807, 2.05) is 44.2 Å². The van der Waals surface area contributed by atoms with E-state index < -0.39 is 0 Å². The number of nitrogens with one attached hydrogen (secondary N) is 1. The van der Waals surface area contributed by atoms with E-state index in [-0.39, 0.29) is 5.91 Å². The summed E-state index contributed by atoms with van der Waals surface area (Å²) in [7, 11) is 0. The molecule has 0 heterocycles. The van der Waals surface area contributed by atoms with Crippen LogP contribution in [0.5, 0.6) is 0 Å². The van der Waals surface area contributed by atoms with Gasteiger partial charge in [0.05, 0.1) is 5.56 Å². The molecule has 0 fully saturated rings. The Morgan fingerprint density at radius 2 is 1.68 bits per heavy atom. The van der Waals surface area contributed by atoms with Gasteiger partial charge >= 0.3 is 0 Å². The predicted molar refractivity (Wildman–Crippen MR) is 85.7 cm³/mol. The van der Waals surface area contributed by atoms with Gasteiger partial charge in [0.25, 0.3) is 5.91 Å². The zero-order chi connectivity index (χ0) is 14.0. The monoisotopic (exact) mass is 381 g/mol. The van der Waals surface area contributed by atoms with Crippen LogP contribution in [-0.4, -0.2) is 5.91 Å². The smallest absolute Gasteiger partial charge is 0.256 e. The highest BCUT2D eigenvalue weighted by Crippen LogP contribution is 2.25. The summed E-state index contributed by atoms with van der Waals surface area (Å²) in [6.07, 6.45) is 0. The molecule has 2 nitrogen and oxygen atoms in total. The van der Waals surface area contributed by atoms with E-state index in [2.05, 4.69) is 37.2 Å². The van der Waals surface area contributed by atoms with Gasteiger partial charge in [0.1, 0.15) is 0 Å². The first-order valence-corrected chi connectivity index (χ1v) is 7.40. The molecule has 0 bridgehead atoms. The molecular weight excluding hydrogens is 370 g/mol. The average molecular weight is 383 g/mol. The molecule has 0 aliphatic carbocycles. The summed E-state index contributed by atoms with van der Waals surface area (Å²) in [5.74, 6) is -0.120. The van der Waals surface area contributed by atoms with Crippen LogP contribution in [0.25, 0.3) is 0 Å². The fourth-order valence-corrected chi connectivity index (χ4v) is 2.65. The maximum Gasteiger partial charge on any atom is 0.256 e. The topological polar surface area (TPSA) is 29.1 Å².